The van der Waals surface area contributed by atoms with Crippen LogP contribution in [-0.2, 0) is 4.84 Å². The molecule has 0 saturated carbocycles. The molecule has 2 aromatic carbocycles. The molecular weight excluding hydrogens is 368 g/mol. The fourth-order valence-electron chi connectivity index (χ4n) is 3.33. The minimum Gasteiger partial charge on any atom is -0.389 e. The first-order valence-electron chi connectivity index (χ1n) is 9.00. The molecule has 2 heterocycles. The minimum absolute atomic E-state index is 0.0279. The lowest BCUT2D eigenvalue weighted by atomic mass is 9.95. The molecule has 1 amide bonds. The highest BCUT2D eigenvalue weighted by Crippen LogP contribution is 2.28. The van der Waals surface area contributed by atoms with Crippen LogP contribution in [-0.4, -0.2) is 29.1 Å². The largest absolute Gasteiger partial charge is 0.389 e. The van der Waals surface area contributed by atoms with Gasteiger partial charge in [0.05, 0.1) is 0 Å². The number of benzene rings is 2. The zero-order valence-electron chi connectivity index (χ0n) is 15.0. The minimum atomic E-state index is -0.435. The van der Waals surface area contributed by atoms with Gasteiger partial charge in [0, 0.05) is 30.6 Å². The highest BCUT2D eigenvalue weighted by atomic mass is 19.1. The van der Waals surface area contributed by atoms with Gasteiger partial charge in [0.1, 0.15) is 17.8 Å². The number of hydrogen-bond acceptors (Lipinski definition) is 5. The lowest BCUT2D eigenvalue weighted by Crippen LogP contribution is -2.40. The molecule has 1 N–H and O–H groups in total. The number of carbonyl (C=O) groups excluding carboxylic acids is 1. The number of hydrogen-bond donors (Lipinski definition) is 1. The summed E-state index contributed by atoms with van der Waals surface area (Å²) < 4.78 is 26.7. The van der Waals surface area contributed by atoms with Gasteiger partial charge in [-0.2, -0.15) is 0 Å². The molecule has 1 saturated heterocycles. The van der Waals surface area contributed by atoms with Crippen molar-refractivity contribution >= 4 is 5.91 Å². The van der Waals surface area contributed by atoms with Gasteiger partial charge >= 0.3 is 0 Å². The summed E-state index contributed by atoms with van der Waals surface area (Å²) in [5.41, 5.74) is 2.93. The van der Waals surface area contributed by atoms with E-state index in [1.54, 1.807) is 29.3 Å². The summed E-state index contributed by atoms with van der Waals surface area (Å²) in [5.74, 6) is -0.132. The van der Waals surface area contributed by atoms with E-state index in [-0.39, 0.29) is 11.8 Å². The van der Waals surface area contributed by atoms with Gasteiger partial charge in [-0.25, -0.2) is 8.78 Å². The topological polar surface area (TPSA) is 54.0 Å². The second-order valence-electron chi connectivity index (χ2n) is 6.70. The lowest BCUT2D eigenvalue weighted by molar-refractivity contribution is -0.139. The molecule has 8 heteroatoms. The quantitative estimate of drug-likeness (QED) is 0.872. The number of amides is 1. The first-order valence-corrected chi connectivity index (χ1v) is 9.00. The maximum atomic E-state index is 13.4. The van der Waals surface area contributed by atoms with Gasteiger partial charge in [-0.3, -0.25) is 4.79 Å². The monoisotopic (exact) mass is 387 g/mol. The van der Waals surface area contributed by atoms with Crippen molar-refractivity contribution in [3.63, 3.8) is 0 Å². The van der Waals surface area contributed by atoms with Crippen LogP contribution in [0, 0.1) is 17.6 Å². The summed E-state index contributed by atoms with van der Waals surface area (Å²) in [4.78, 5) is 25.3. The molecule has 6 nitrogen and oxygen atoms in total. The summed E-state index contributed by atoms with van der Waals surface area (Å²) in [7, 11) is 0. The Labute approximate surface area is 160 Å². The Hall–Kier alpha value is -3.13. The fraction of sp³-hybridized carbons (Fsp3) is 0.250. The van der Waals surface area contributed by atoms with E-state index >= 15 is 0 Å². The fourth-order valence-corrected chi connectivity index (χ4v) is 3.33. The maximum Gasteiger partial charge on any atom is 0.253 e. The molecule has 0 spiro atoms. The van der Waals surface area contributed by atoms with E-state index in [1.165, 1.54) is 35.5 Å². The van der Waals surface area contributed by atoms with Gasteiger partial charge in [-0.15, -0.1) is 5.17 Å². The third-order valence-corrected chi connectivity index (χ3v) is 4.68. The van der Waals surface area contributed by atoms with E-state index in [0.29, 0.717) is 30.2 Å². The Morgan fingerprint density at radius 1 is 1.14 bits per heavy atom. The molecule has 1 atom stereocenters. The van der Waals surface area contributed by atoms with Gasteiger partial charge in [0.25, 0.3) is 5.91 Å². The molecule has 0 radical (unpaired) electrons. The predicted molar refractivity (Wildman–Crippen MR) is 96.2 cm³/mol. The zero-order chi connectivity index (χ0) is 19.5. The van der Waals surface area contributed by atoms with Crippen molar-refractivity contribution in [2.24, 2.45) is 5.92 Å². The number of halogens is 2. The van der Waals surface area contributed by atoms with Crippen LogP contribution in [0.25, 0.3) is 0 Å². The van der Waals surface area contributed by atoms with E-state index < -0.39 is 11.6 Å². The van der Waals surface area contributed by atoms with Crippen LogP contribution in [0.3, 0.4) is 0 Å². The van der Waals surface area contributed by atoms with Crippen LogP contribution in [0.2, 0.25) is 0 Å². The van der Waals surface area contributed by atoms with Crippen LogP contribution < -0.4 is 10.4 Å². The molecule has 0 unspecified atom stereocenters. The van der Waals surface area contributed by atoms with E-state index in [1.807, 2.05) is 0 Å². The van der Waals surface area contributed by atoms with Crippen LogP contribution in [0.15, 0.2) is 60.5 Å². The Morgan fingerprint density at radius 3 is 2.71 bits per heavy atom. The van der Waals surface area contributed by atoms with Gasteiger partial charge < -0.3 is 14.6 Å². The highest BCUT2D eigenvalue weighted by Gasteiger charge is 2.31. The van der Waals surface area contributed by atoms with Crippen LogP contribution in [0.5, 0.6) is 5.75 Å². The van der Waals surface area contributed by atoms with Crippen LogP contribution in [0.1, 0.15) is 23.2 Å². The zero-order valence-corrected chi connectivity index (χ0v) is 15.0. The van der Waals surface area contributed by atoms with Crippen molar-refractivity contribution in [3.8, 4) is 5.75 Å². The molecule has 146 valence electrons. The molecule has 28 heavy (non-hydrogen) atoms. The number of hydrazine groups is 1. The first-order chi connectivity index (χ1) is 13.6. The van der Waals surface area contributed by atoms with Crippen molar-refractivity contribution in [2.75, 3.05) is 13.1 Å². The number of likely N-dealkylation sites (tertiary alicyclic amines) is 1. The Kier molecular flexibility index (Phi) is 5.12. The second kappa shape index (κ2) is 7.85. The van der Waals surface area contributed by atoms with E-state index in [9.17, 15) is 13.6 Å². The van der Waals surface area contributed by atoms with Crippen molar-refractivity contribution in [2.45, 2.75) is 12.8 Å². The third kappa shape index (κ3) is 4.07. The molecule has 0 aromatic heterocycles. The molecule has 2 aromatic rings. The van der Waals surface area contributed by atoms with Crippen LogP contribution in [0.4, 0.5) is 8.78 Å². The number of carbonyl (C=O) groups is 1. The van der Waals surface area contributed by atoms with Gasteiger partial charge in [-0.1, -0.05) is 12.1 Å². The van der Waals surface area contributed by atoms with E-state index in [4.69, 9.17) is 9.68 Å². The van der Waals surface area contributed by atoms with Crippen molar-refractivity contribution in [1.29, 1.82) is 0 Å². The van der Waals surface area contributed by atoms with Gasteiger partial charge in [-0.05, 0) is 48.8 Å². The third-order valence-electron chi connectivity index (χ3n) is 4.68. The van der Waals surface area contributed by atoms with Crippen LogP contribution >= 0.6 is 0 Å². The average molecular weight is 387 g/mol. The molecule has 0 aliphatic carbocycles. The normalized spacial score (nSPS) is 19.2. The second-order valence-corrected chi connectivity index (χ2v) is 6.70. The summed E-state index contributed by atoms with van der Waals surface area (Å²) in [6.07, 6.45) is 3.27. The molecule has 1 fully saturated rings. The molecule has 4 rings (SSSR count). The molecule has 2 aliphatic heterocycles. The Balaban J connectivity index is 1.41. The number of hydroxylamine groups is 1. The van der Waals surface area contributed by atoms with Gasteiger partial charge in [0.2, 0.25) is 0 Å². The average Bonchev–Trinajstić information content (AvgIpc) is 3.16. The first kappa shape index (κ1) is 18.2. The molecule has 2 aliphatic rings. The molecular formula is C20H19F2N3O3. The predicted octanol–water partition coefficient (Wildman–Crippen LogP) is 3.40. The number of nitrogens with one attached hydrogen (secondary N) is 1. The summed E-state index contributed by atoms with van der Waals surface area (Å²) in [6.45, 7) is 1.06. The standard InChI is InChI=1S/C20H19F2N3O3/c21-16-6-1-4-14(10-16)20(26)24-9-3-5-15(12-24)19-13-25(23-27-19)28-18-8-2-7-17(22)11-18/h1-2,4,6-8,10-11,13,15,23H,3,5,9,12H2/t15-/m0/s1. The smallest absolute Gasteiger partial charge is 0.253 e. The van der Waals surface area contributed by atoms with Crippen molar-refractivity contribution < 1.29 is 23.3 Å². The number of piperidine rings is 1. The highest BCUT2D eigenvalue weighted by molar-refractivity contribution is 5.94. The molecule has 0 bridgehead atoms. The van der Waals surface area contributed by atoms with E-state index in [0.717, 1.165) is 12.8 Å². The maximum absolute atomic E-state index is 13.4. The summed E-state index contributed by atoms with van der Waals surface area (Å²) >= 11 is 0. The Morgan fingerprint density at radius 2 is 1.93 bits per heavy atom. The SMILES string of the molecule is O=C(c1cccc(F)c1)N1CCC[C@H](C2=CN(Oc3cccc(F)c3)NO2)C1. The number of rotatable bonds is 4. The summed E-state index contributed by atoms with van der Waals surface area (Å²) in [5, 5.41) is 1.25. The van der Waals surface area contributed by atoms with Crippen molar-refractivity contribution in [3.05, 3.63) is 77.7 Å². The van der Waals surface area contributed by atoms with Crippen molar-refractivity contribution in [1.82, 2.24) is 15.7 Å². The van der Waals surface area contributed by atoms with E-state index in [2.05, 4.69) is 5.59 Å². The summed E-state index contributed by atoms with van der Waals surface area (Å²) in [6, 6.07) is 11.4. The number of nitrogens with zero attached hydrogens (tertiary/aromatic N) is 2. The lowest BCUT2D eigenvalue weighted by Gasteiger charge is -2.32. The Bertz CT molecular complexity index is 906. The van der Waals surface area contributed by atoms with Gasteiger partial charge in [0.15, 0.2) is 11.5 Å².